The summed E-state index contributed by atoms with van der Waals surface area (Å²) in [6, 6.07) is 7.34. The van der Waals surface area contributed by atoms with Crippen LogP contribution in [0.2, 0.25) is 0 Å². The van der Waals surface area contributed by atoms with Gasteiger partial charge in [-0.2, -0.15) is 45.6 Å². The average Bonchev–Trinajstić information content (AvgIpc) is 1.73. The molecule has 14 aromatic heterocycles. The van der Waals surface area contributed by atoms with E-state index in [9.17, 15) is 0 Å². The van der Waals surface area contributed by atoms with Crippen LogP contribution in [0.25, 0.3) is 0 Å². The monoisotopic (exact) mass is 1740 g/mol. The number of aromatic nitrogens is 26. The molecule has 14 heterocycles. The Hall–Kier alpha value is -10.9. The summed E-state index contributed by atoms with van der Waals surface area (Å²) in [6.45, 7) is 80.4. The zero-order chi connectivity index (χ0) is 94.9. The minimum atomic E-state index is 0.339. The van der Waals surface area contributed by atoms with Crippen molar-refractivity contribution in [3.8, 4) is 0 Å². The summed E-state index contributed by atoms with van der Waals surface area (Å²) in [4.78, 5) is 19.8. The molecule has 14 aromatic rings. The molecule has 0 saturated heterocycles. The number of nitrogens with one attached hydrogen (secondary N) is 2. The molecule has 30 heteroatoms. The van der Waals surface area contributed by atoms with Gasteiger partial charge in [-0.25, -0.2) is 15.0 Å². The lowest BCUT2D eigenvalue weighted by Crippen LogP contribution is -2.04. The van der Waals surface area contributed by atoms with E-state index in [1.54, 1.807) is 54.0 Å². The lowest BCUT2D eigenvalue weighted by atomic mass is 10.0. The number of H-pyrrole nitrogens is 2. The van der Waals surface area contributed by atoms with Crippen molar-refractivity contribution in [2.75, 3.05) is 5.73 Å². The van der Waals surface area contributed by atoms with Crippen LogP contribution >= 0.6 is 11.3 Å². The van der Waals surface area contributed by atoms with Gasteiger partial charge in [0.2, 0.25) is 11.8 Å². The summed E-state index contributed by atoms with van der Waals surface area (Å²) in [7, 11) is 1.94. The SMILES string of the molecule is CC(C)c1cc[nH]c1.CC(C)c1cnn(C)c1.CC(C)n1cccn1.CC(C)n1ccnc1.CC(C)n1nccn1.CCn1cc(C(C)C)cn1.Cc1c[nH]cc1C(C)C.Cc1cn(C(C)C)cn1.Cc1cnc(C(C)C)o1.Cc1cnn(C(C)C)c1.Cc1cnn(C(C)C)c1C.Cc1nn(C(C)C)cc1N.Cc1nnc(C(C)C)o1.Cc1nnc(C(C)C)s1. The van der Waals surface area contributed by atoms with Gasteiger partial charge < -0.3 is 33.7 Å². The van der Waals surface area contributed by atoms with Crippen LogP contribution in [0, 0.1) is 62.3 Å². The molecule has 125 heavy (non-hydrogen) atoms. The van der Waals surface area contributed by atoms with Crippen LogP contribution in [0.4, 0.5) is 5.69 Å². The fraction of sp³-hybridized carbons (Fsp3) is 0.568. The van der Waals surface area contributed by atoms with E-state index in [2.05, 4.69) is 308 Å². The largest absolute Gasteiger partial charge is 0.446 e. The van der Waals surface area contributed by atoms with Crippen molar-refractivity contribution in [2.24, 2.45) is 7.05 Å². The maximum atomic E-state index is 5.60. The molecule has 0 unspecified atom stereocenters. The van der Waals surface area contributed by atoms with Crippen molar-refractivity contribution in [3.05, 3.63) is 238 Å². The minimum Gasteiger partial charge on any atom is -0.446 e. The quantitative estimate of drug-likeness (QED) is 0.0858. The first-order valence-electron chi connectivity index (χ1n) is 44.0. The molecule has 0 aliphatic carbocycles. The average molecular weight is 1750 g/mol. The summed E-state index contributed by atoms with van der Waals surface area (Å²) in [5, 5.41) is 50.3. The van der Waals surface area contributed by atoms with E-state index < -0.39 is 0 Å². The highest BCUT2D eigenvalue weighted by Gasteiger charge is 2.10. The molecule has 0 spiro atoms. The van der Waals surface area contributed by atoms with Crippen LogP contribution in [0.1, 0.15) is 374 Å². The van der Waals surface area contributed by atoms with Gasteiger partial charge in [-0.1, -0.05) is 96.9 Å². The second-order valence-electron chi connectivity index (χ2n) is 34.5. The van der Waals surface area contributed by atoms with Gasteiger partial charge in [-0.05, 0) is 234 Å². The topological polar surface area (TPSA) is 322 Å². The van der Waals surface area contributed by atoms with Crippen LogP contribution in [-0.4, -0.2) is 128 Å². The Kier molecular flexibility index (Phi) is 53.7. The van der Waals surface area contributed by atoms with E-state index in [0.29, 0.717) is 95.5 Å². The number of nitrogens with two attached hydrogens (primary N) is 1. The lowest BCUT2D eigenvalue weighted by Gasteiger charge is -2.07. The molecule has 0 amide bonds. The molecule has 29 nitrogen and oxygen atoms in total. The van der Waals surface area contributed by atoms with Gasteiger partial charge in [0.1, 0.15) is 15.8 Å². The molecule has 4 N–H and O–H groups in total. The molecule has 0 bridgehead atoms. The highest BCUT2D eigenvalue weighted by molar-refractivity contribution is 7.11. The van der Waals surface area contributed by atoms with Gasteiger partial charge in [-0.3, -0.25) is 28.1 Å². The second-order valence-corrected chi connectivity index (χ2v) is 35.7. The van der Waals surface area contributed by atoms with Crippen molar-refractivity contribution in [1.82, 2.24) is 128 Å². The van der Waals surface area contributed by atoms with Gasteiger partial charge in [0.05, 0.1) is 79.1 Å². The number of aromatic amines is 2. The summed E-state index contributed by atoms with van der Waals surface area (Å²) in [6.07, 6.45) is 42.1. The van der Waals surface area contributed by atoms with Crippen LogP contribution < -0.4 is 5.73 Å². The third-order valence-electron chi connectivity index (χ3n) is 18.1. The van der Waals surface area contributed by atoms with Gasteiger partial charge in [0, 0.05) is 161 Å². The Morgan fingerprint density at radius 2 is 1.04 bits per heavy atom. The molecule has 0 fully saturated rings. The molecule has 694 valence electrons. The Bertz CT molecular complexity index is 4360. The van der Waals surface area contributed by atoms with E-state index in [0.717, 1.165) is 45.3 Å². The zero-order valence-electron chi connectivity index (χ0n) is 83.7. The molecule has 14 rings (SSSR count). The van der Waals surface area contributed by atoms with Crippen molar-refractivity contribution in [3.63, 3.8) is 0 Å². The smallest absolute Gasteiger partial charge is 0.219 e. The predicted molar refractivity (Wildman–Crippen MR) is 515 cm³/mol. The third-order valence-corrected chi connectivity index (χ3v) is 19.2. The number of nitrogens with zero attached hydrogens (tertiary/aromatic N) is 24. The molecule has 0 radical (unpaired) electrons. The predicted octanol–water partition coefficient (Wildman–Crippen LogP) is 24.5. The molecule has 0 saturated carbocycles. The van der Waals surface area contributed by atoms with E-state index in [1.165, 1.54) is 44.6 Å². The molecule has 0 atom stereocenters. The minimum absolute atomic E-state index is 0.339. The van der Waals surface area contributed by atoms with Crippen LogP contribution in [0.5, 0.6) is 0 Å². The Morgan fingerprint density at radius 1 is 0.440 bits per heavy atom. The van der Waals surface area contributed by atoms with Gasteiger partial charge >= 0.3 is 0 Å². The zero-order valence-corrected chi connectivity index (χ0v) is 84.5. The molecular weight excluding hydrogens is 1580 g/mol. The fourth-order valence-electron chi connectivity index (χ4n) is 9.97. The number of nitrogen functional groups attached to an aromatic ring is 1. The summed E-state index contributed by atoms with van der Waals surface area (Å²) >= 11 is 1.67. The number of hydrogen-bond donors (Lipinski definition) is 3. The summed E-state index contributed by atoms with van der Waals surface area (Å²) in [5.74, 6) is 6.83. The van der Waals surface area contributed by atoms with Gasteiger partial charge in [0.15, 0.2) is 5.89 Å². The molecule has 0 aliphatic heterocycles. The van der Waals surface area contributed by atoms with Crippen molar-refractivity contribution >= 4 is 17.0 Å². The van der Waals surface area contributed by atoms with Crippen molar-refractivity contribution in [1.29, 1.82) is 0 Å². The lowest BCUT2D eigenvalue weighted by molar-refractivity contribution is 0.447. The Balaban J connectivity index is 0.000000673. The second kappa shape index (κ2) is 59.8. The number of imidazole rings is 2. The first-order valence-corrected chi connectivity index (χ1v) is 44.9. The Labute approximate surface area is 754 Å². The van der Waals surface area contributed by atoms with E-state index in [4.69, 9.17) is 14.6 Å². The van der Waals surface area contributed by atoms with Gasteiger partial charge in [-0.15, -0.1) is 31.7 Å². The highest BCUT2D eigenvalue weighted by Crippen LogP contribution is 2.21. The number of anilines is 1. The molecular formula is C95H161N27O2S. The van der Waals surface area contributed by atoms with E-state index in [1.807, 2.05) is 197 Å². The van der Waals surface area contributed by atoms with Crippen molar-refractivity contribution < 1.29 is 8.83 Å². The van der Waals surface area contributed by atoms with E-state index >= 15 is 0 Å². The third kappa shape index (κ3) is 46.6. The summed E-state index contributed by atoms with van der Waals surface area (Å²) in [5.41, 5.74) is 18.9. The maximum absolute atomic E-state index is 5.60. The molecule has 0 aromatic carbocycles. The fourth-order valence-corrected chi connectivity index (χ4v) is 10.7. The van der Waals surface area contributed by atoms with Crippen molar-refractivity contribution in [2.45, 2.75) is 353 Å². The number of hydrogen-bond acceptors (Lipinski definition) is 19. The normalized spacial score (nSPS) is 10.6. The highest BCUT2D eigenvalue weighted by atomic mass is 32.1. The maximum Gasteiger partial charge on any atom is 0.219 e. The number of aryl methyl sites for hydroxylation is 10. The van der Waals surface area contributed by atoms with Crippen LogP contribution in [0.15, 0.2) is 158 Å². The first-order chi connectivity index (χ1) is 58.6. The first kappa shape index (κ1) is 112. The van der Waals surface area contributed by atoms with Crippen LogP contribution in [-0.2, 0) is 13.6 Å². The molecule has 0 aliphatic rings. The number of rotatable bonds is 15. The van der Waals surface area contributed by atoms with Crippen LogP contribution in [0.3, 0.4) is 0 Å². The summed E-state index contributed by atoms with van der Waals surface area (Å²) < 4.78 is 26.1. The van der Waals surface area contributed by atoms with E-state index in [-0.39, 0.29) is 0 Å². The Morgan fingerprint density at radius 3 is 1.27 bits per heavy atom. The standard InChI is InChI=1S/2C8H14N2.C8H13N.C7H13N3.3C7H12N2.C7H11NO.C7H11N.C6H10N2O.C6H10N2S.2C6H10N2.C5H9N3/c1-6(2)10-8(4)7(3)5-9-10;1-4-10-6-8(5-9-10)7(2)3;1-6(2)8-5-9-4-7(8)3;1-5(2)10-4-7(8)6(3)9-10;1-6(2)7-4-8-9(3)5-7;1-6(2)9-4-7(3)8-5-9;1-6(2)9-5-7(3)4-8-9;1-5(2)7-8-4-6(3)9-7;1-6(2)7-3-4-8-5-7;2*1-4(2)6-8-7-5(3)9-6;1-6(2)8-4-3-7-5-8;1-6(2)8-5-3-4-7-8;1-5(2)8-6-3-4-7-8/h5-6H,1-4H3;5-7H,4H2,1-3H3;4-6,9H,1-3H3;4-5H,8H2,1-3H3;3*4-6H,1-3H3;4-5H,1-3H3;3-6,8H,1-2H3;2*4H,1-3H3;2*3-6H,1-2H3;3-5H,1-2H3. The number of oxazole rings is 1. The van der Waals surface area contributed by atoms with Gasteiger partial charge in [0.25, 0.3) is 0 Å².